The van der Waals surface area contributed by atoms with E-state index in [9.17, 15) is 0 Å². The molecule has 2 nitrogen and oxygen atoms in total. The fraction of sp³-hybridized carbons (Fsp3) is 0.875. The minimum atomic E-state index is -0.238. The third-order valence-corrected chi connectivity index (χ3v) is 2.54. The molecule has 2 N–H and O–H groups in total. The summed E-state index contributed by atoms with van der Waals surface area (Å²) >= 11 is 0. The summed E-state index contributed by atoms with van der Waals surface area (Å²) < 4.78 is 0. The number of hydrogen-bond acceptors (Lipinski definition) is 2. The molecule has 0 saturated heterocycles. The smallest absolute Gasteiger partial charge is 0.0703 e. The predicted molar refractivity (Wildman–Crippen MR) is 40.2 cm³/mol. The first-order valence-electron chi connectivity index (χ1n) is 3.86. The van der Waals surface area contributed by atoms with Gasteiger partial charge >= 0.3 is 0 Å². The van der Waals surface area contributed by atoms with Crippen molar-refractivity contribution in [2.45, 2.75) is 38.6 Å². The molecule has 10 heavy (non-hydrogen) atoms. The minimum absolute atomic E-state index is 0.103. The van der Waals surface area contributed by atoms with Crippen LogP contribution in [0.4, 0.5) is 0 Å². The van der Waals surface area contributed by atoms with Crippen LogP contribution in [0.3, 0.4) is 0 Å². The summed E-state index contributed by atoms with van der Waals surface area (Å²) in [5, 5.41) is 8.79. The van der Waals surface area contributed by atoms with Gasteiger partial charge in [-0.25, -0.2) is 0 Å². The Labute approximate surface area is 62.0 Å². The van der Waals surface area contributed by atoms with E-state index in [1.54, 1.807) is 0 Å². The Hall–Kier alpha value is -0.550. The van der Waals surface area contributed by atoms with Crippen LogP contribution in [0.15, 0.2) is 0 Å². The first kappa shape index (κ1) is 7.56. The van der Waals surface area contributed by atoms with Crippen molar-refractivity contribution < 1.29 is 0 Å². The highest BCUT2D eigenvalue weighted by Gasteiger charge is 2.33. The van der Waals surface area contributed by atoms with Gasteiger partial charge in [-0.05, 0) is 19.8 Å². The second-order valence-electron chi connectivity index (χ2n) is 3.38. The monoisotopic (exact) mass is 138 g/mol. The number of rotatable bonds is 0. The first-order chi connectivity index (χ1) is 4.69. The Balaban J connectivity index is 2.65. The van der Waals surface area contributed by atoms with Gasteiger partial charge < -0.3 is 5.73 Å². The summed E-state index contributed by atoms with van der Waals surface area (Å²) in [6.45, 7) is 1.97. The van der Waals surface area contributed by atoms with Crippen molar-refractivity contribution in [3.05, 3.63) is 0 Å². The van der Waals surface area contributed by atoms with Crippen LogP contribution in [0.1, 0.15) is 32.6 Å². The van der Waals surface area contributed by atoms with Crippen LogP contribution < -0.4 is 5.73 Å². The lowest BCUT2D eigenvalue weighted by atomic mass is 9.73. The summed E-state index contributed by atoms with van der Waals surface area (Å²) in [5.74, 6) is 0. The molecule has 1 saturated carbocycles. The van der Waals surface area contributed by atoms with Crippen LogP contribution in [0.2, 0.25) is 0 Å². The SMILES string of the molecule is C[C@]1(C#N)CCCC[C@@H]1N. The molecule has 1 aliphatic carbocycles. The van der Waals surface area contributed by atoms with Crippen molar-refractivity contribution >= 4 is 0 Å². The van der Waals surface area contributed by atoms with Gasteiger partial charge in [0, 0.05) is 6.04 Å². The van der Waals surface area contributed by atoms with Gasteiger partial charge in [0.15, 0.2) is 0 Å². The van der Waals surface area contributed by atoms with Crippen LogP contribution in [0.5, 0.6) is 0 Å². The zero-order chi connectivity index (χ0) is 7.61. The van der Waals surface area contributed by atoms with E-state index >= 15 is 0 Å². The molecule has 0 aromatic rings. The molecule has 0 bridgehead atoms. The van der Waals surface area contributed by atoms with E-state index in [1.807, 2.05) is 6.92 Å². The molecule has 1 rings (SSSR count). The summed E-state index contributed by atoms with van der Waals surface area (Å²) in [6.07, 6.45) is 4.35. The second kappa shape index (κ2) is 2.59. The zero-order valence-corrected chi connectivity index (χ0v) is 6.43. The van der Waals surface area contributed by atoms with E-state index in [0.717, 1.165) is 19.3 Å². The van der Waals surface area contributed by atoms with Gasteiger partial charge in [0.1, 0.15) is 0 Å². The molecular formula is C8H14N2. The predicted octanol–water partition coefficient (Wildman–Crippen LogP) is 1.42. The molecule has 2 heteroatoms. The highest BCUT2D eigenvalue weighted by molar-refractivity contribution is 5.04. The van der Waals surface area contributed by atoms with Crippen LogP contribution in [-0.4, -0.2) is 6.04 Å². The van der Waals surface area contributed by atoms with Crippen LogP contribution >= 0.6 is 0 Å². The molecule has 1 aliphatic rings. The first-order valence-corrected chi connectivity index (χ1v) is 3.86. The molecule has 0 radical (unpaired) electrons. The molecular weight excluding hydrogens is 124 g/mol. The zero-order valence-electron chi connectivity index (χ0n) is 6.43. The van der Waals surface area contributed by atoms with E-state index in [2.05, 4.69) is 6.07 Å². The lowest BCUT2D eigenvalue weighted by Crippen LogP contribution is -2.40. The molecule has 0 heterocycles. The van der Waals surface area contributed by atoms with Crippen molar-refractivity contribution in [3.63, 3.8) is 0 Å². The fourth-order valence-electron chi connectivity index (χ4n) is 1.50. The Morgan fingerprint density at radius 2 is 2.30 bits per heavy atom. The van der Waals surface area contributed by atoms with Crippen molar-refractivity contribution in [1.29, 1.82) is 5.26 Å². The van der Waals surface area contributed by atoms with E-state index < -0.39 is 0 Å². The average Bonchev–Trinajstić information content (AvgIpc) is 1.96. The van der Waals surface area contributed by atoms with E-state index in [-0.39, 0.29) is 11.5 Å². The van der Waals surface area contributed by atoms with Crippen LogP contribution in [0.25, 0.3) is 0 Å². The molecule has 0 aromatic carbocycles. The topological polar surface area (TPSA) is 49.8 Å². The fourth-order valence-corrected chi connectivity index (χ4v) is 1.50. The third-order valence-electron chi connectivity index (χ3n) is 2.54. The maximum absolute atomic E-state index is 8.79. The lowest BCUT2D eigenvalue weighted by molar-refractivity contribution is 0.249. The Kier molecular flexibility index (Phi) is 1.96. The van der Waals surface area contributed by atoms with Crippen LogP contribution in [-0.2, 0) is 0 Å². The molecule has 56 valence electrons. The Bertz CT molecular complexity index is 159. The summed E-state index contributed by atoms with van der Waals surface area (Å²) in [4.78, 5) is 0. The lowest BCUT2D eigenvalue weighted by Gasteiger charge is -2.32. The molecule has 0 aromatic heterocycles. The van der Waals surface area contributed by atoms with E-state index in [0.29, 0.717) is 0 Å². The quantitative estimate of drug-likeness (QED) is 0.550. The highest BCUT2D eigenvalue weighted by Crippen LogP contribution is 2.33. The number of nitriles is 1. The van der Waals surface area contributed by atoms with Gasteiger partial charge in [0.2, 0.25) is 0 Å². The second-order valence-corrected chi connectivity index (χ2v) is 3.38. The van der Waals surface area contributed by atoms with Gasteiger partial charge in [-0.15, -0.1) is 0 Å². The molecule has 2 atom stereocenters. The van der Waals surface area contributed by atoms with Gasteiger partial charge in [0.05, 0.1) is 11.5 Å². The number of hydrogen-bond donors (Lipinski definition) is 1. The normalized spacial score (nSPS) is 40.7. The minimum Gasteiger partial charge on any atom is -0.326 e. The van der Waals surface area contributed by atoms with Crippen molar-refractivity contribution in [1.82, 2.24) is 0 Å². The average molecular weight is 138 g/mol. The molecule has 1 fully saturated rings. The van der Waals surface area contributed by atoms with Crippen molar-refractivity contribution in [2.24, 2.45) is 11.1 Å². The van der Waals surface area contributed by atoms with Gasteiger partial charge in [-0.1, -0.05) is 12.8 Å². The molecule has 0 unspecified atom stereocenters. The van der Waals surface area contributed by atoms with Gasteiger partial charge in [-0.3, -0.25) is 0 Å². The van der Waals surface area contributed by atoms with E-state index in [1.165, 1.54) is 6.42 Å². The highest BCUT2D eigenvalue weighted by atomic mass is 14.7. The van der Waals surface area contributed by atoms with Crippen molar-refractivity contribution in [3.8, 4) is 6.07 Å². The van der Waals surface area contributed by atoms with Gasteiger partial charge in [-0.2, -0.15) is 5.26 Å². The third kappa shape index (κ3) is 1.15. The van der Waals surface area contributed by atoms with E-state index in [4.69, 9.17) is 11.0 Å². The Morgan fingerprint density at radius 3 is 2.70 bits per heavy atom. The molecule has 0 spiro atoms. The maximum Gasteiger partial charge on any atom is 0.0703 e. The summed E-state index contributed by atoms with van der Waals surface area (Å²) in [7, 11) is 0. The van der Waals surface area contributed by atoms with Crippen LogP contribution in [0, 0.1) is 16.7 Å². The maximum atomic E-state index is 8.79. The van der Waals surface area contributed by atoms with Crippen molar-refractivity contribution in [2.75, 3.05) is 0 Å². The summed E-state index contributed by atoms with van der Waals surface area (Å²) in [5.41, 5.74) is 5.56. The number of nitrogens with two attached hydrogens (primary N) is 1. The molecule has 0 aliphatic heterocycles. The summed E-state index contributed by atoms with van der Waals surface area (Å²) in [6, 6.07) is 2.41. The Morgan fingerprint density at radius 1 is 1.60 bits per heavy atom. The largest absolute Gasteiger partial charge is 0.326 e. The number of nitrogens with zero attached hydrogens (tertiary/aromatic N) is 1. The molecule has 0 amide bonds. The standard InChI is InChI=1S/C8H14N2/c1-8(6-9)5-3-2-4-7(8)10/h7H,2-5,10H2,1H3/t7-,8+/m0/s1. The van der Waals surface area contributed by atoms with Gasteiger partial charge in [0.25, 0.3) is 0 Å².